The molecule has 0 saturated carbocycles. The average molecular weight is 559 g/mol. The van der Waals surface area contributed by atoms with Gasteiger partial charge in [0.25, 0.3) is 0 Å². The van der Waals surface area contributed by atoms with Gasteiger partial charge < -0.3 is 4.57 Å². The van der Waals surface area contributed by atoms with Crippen LogP contribution >= 0.6 is 22.9 Å². The lowest BCUT2D eigenvalue weighted by atomic mass is 10.0. The molecule has 0 atom stereocenters. The zero-order valence-corrected chi connectivity index (χ0v) is 22.1. The minimum Gasteiger partial charge on any atom is -0.334 e. The minimum absolute atomic E-state index is 0.0719. The molecule has 5 rings (SSSR count). The highest BCUT2D eigenvalue weighted by Gasteiger charge is 2.31. The Balaban J connectivity index is 1.49. The first kappa shape index (κ1) is 25.2. The molecule has 9 nitrogen and oxygen atoms in total. The molecule has 0 radical (unpaired) electrons. The number of hydrogen-bond acceptors (Lipinski definition) is 6. The Kier molecular flexibility index (Phi) is 6.19. The molecule has 0 aliphatic carbocycles. The van der Waals surface area contributed by atoms with E-state index in [0.29, 0.717) is 47.2 Å². The molecule has 1 aliphatic heterocycles. The maximum absolute atomic E-state index is 14.5. The Bertz CT molecular complexity index is 1720. The average Bonchev–Trinajstić information content (AvgIpc) is 3.36. The van der Waals surface area contributed by atoms with Gasteiger partial charge in [0.2, 0.25) is 10.0 Å². The Morgan fingerprint density at radius 2 is 1.86 bits per heavy atom. The SMILES string of the molecule is Cc1nc(N2CCCN(c3ccc(-c4cc(F)cc5c4c(Cl)c(C#N)n5C)cc3)C2=O)sc1S(N)(=O)=O. The van der Waals surface area contributed by atoms with Gasteiger partial charge >= 0.3 is 6.03 Å². The Labute approximate surface area is 221 Å². The third kappa shape index (κ3) is 4.23. The second-order valence-corrected chi connectivity index (χ2v) is 11.7. The monoisotopic (exact) mass is 558 g/mol. The lowest BCUT2D eigenvalue weighted by Gasteiger charge is -2.34. The summed E-state index contributed by atoms with van der Waals surface area (Å²) in [6.07, 6.45) is 0.637. The standard InChI is InChI=1S/C24H20ClFN6O3S2/c1-13-22(37(28,34)35)36-23(29-13)32-9-3-8-31(24(32)33)16-6-4-14(5-7-16)17-10-15(26)11-18-20(17)21(25)19(12-27)30(18)2/h4-7,10-11H,3,8-9H2,1-2H3,(H2,28,34,35). The number of urea groups is 1. The molecule has 4 aromatic rings. The van der Waals surface area contributed by atoms with Crippen LogP contribution in [0.4, 0.5) is 20.0 Å². The Morgan fingerprint density at radius 1 is 1.19 bits per heavy atom. The summed E-state index contributed by atoms with van der Waals surface area (Å²) in [5.74, 6) is -0.465. The first-order valence-corrected chi connectivity index (χ1v) is 13.8. The molecular formula is C24H20ClFN6O3S2. The van der Waals surface area contributed by atoms with Crippen LogP contribution in [0.3, 0.4) is 0 Å². The topological polar surface area (TPSA) is 125 Å². The van der Waals surface area contributed by atoms with Gasteiger partial charge in [-0.2, -0.15) is 5.26 Å². The molecule has 1 fully saturated rings. The second-order valence-electron chi connectivity index (χ2n) is 8.58. The number of aromatic nitrogens is 2. The van der Waals surface area contributed by atoms with E-state index in [-0.39, 0.29) is 31.8 Å². The van der Waals surface area contributed by atoms with Crippen molar-refractivity contribution in [3.63, 3.8) is 0 Å². The number of hydrogen-bond donors (Lipinski definition) is 1. The predicted octanol–water partition coefficient (Wildman–Crippen LogP) is 4.76. The summed E-state index contributed by atoms with van der Waals surface area (Å²) in [6, 6.07) is 11.4. The van der Waals surface area contributed by atoms with Crippen LogP contribution in [0.2, 0.25) is 5.02 Å². The quantitative estimate of drug-likeness (QED) is 0.386. The van der Waals surface area contributed by atoms with E-state index in [4.69, 9.17) is 16.7 Å². The van der Waals surface area contributed by atoms with E-state index in [0.717, 1.165) is 11.3 Å². The second kappa shape index (κ2) is 9.11. The summed E-state index contributed by atoms with van der Waals surface area (Å²) in [5.41, 5.74) is 2.80. The number of nitrogens with two attached hydrogens (primary N) is 1. The van der Waals surface area contributed by atoms with Crippen molar-refractivity contribution >= 4 is 60.7 Å². The van der Waals surface area contributed by atoms with Crippen LogP contribution < -0.4 is 14.9 Å². The van der Waals surface area contributed by atoms with Crippen LogP contribution in [0.5, 0.6) is 0 Å². The van der Waals surface area contributed by atoms with Crippen molar-refractivity contribution in [2.75, 3.05) is 22.9 Å². The summed E-state index contributed by atoms with van der Waals surface area (Å²) >= 11 is 7.35. The van der Waals surface area contributed by atoms with Gasteiger partial charge in [0.05, 0.1) is 16.2 Å². The largest absolute Gasteiger partial charge is 0.334 e. The molecule has 190 valence electrons. The van der Waals surface area contributed by atoms with Crippen molar-refractivity contribution in [1.82, 2.24) is 9.55 Å². The third-order valence-electron chi connectivity index (χ3n) is 6.26. The fourth-order valence-electron chi connectivity index (χ4n) is 4.54. The minimum atomic E-state index is -3.94. The molecular weight excluding hydrogens is 539 g/mol. The fraction of sp³-hybridized carbons (Fsp3) is 0.208. The lowest BCUT2D eigenvalue weighted by molar-refractivity contribution is 0.248. The van der Waals surface area contributed by atoms with E-state index in [1.165, 1.54) is 24.0 Å². The maximum Gasteiger partial charge on any atom is 0.330 e. The number of benzene rings is 2. The summed E-state index contributed by atoms with van der Waals surface area (Å²) in [6.45, 7) is 2.38. The summed E-state index contributed by atoms with van der Waals surface area (Å²) in [5, 5.41) is 15.8. The number of halogens is 2. The highest BCUT2D eigenvalue weighted by Crippen LogP contribution is 2.39. The van der Waals surface area contributed by atoms with Crippen LogP contribution in [0.25, 0.3) is 22.0 Å². The number of fused-ring (bicyclic) bond motifs is 1. The maximum atomic E-state index is 14.5. The smallest absolute Gasteiger partial charge is 0.330 e. The Hall–Kier alpha value is -3.50. The Morgan fingerprint density at radius 3 is 2.49 bits per heavy atom. The molecule has 0 spiro atoms. The number of primary sulfonamides is 1. The van der Waals surface area contributed by atoms with Gasteiger partial charge in [-0.25, -0.2) is 27.7 Å². The molecule has 1 aliphatic rings. The van der Waals surface area contributed by atoms with Crippen molar-refractivity contribution in [2.24, 2.45) is 12.2 Å². The first-order valence-electron chi connectivity index (χ1n) is 11.1. The van der Waals surface area contributed by atoms with Gasteiger partial charge in [0.1, 0.15) is 17.6 Å². The number of nitriles is 1. The molecule has 2 aromatic heterocycles. The number of sulfonamides is 1. The van der Waals surface area contributed by atoms with Gasteiger partial charge in [-0.3, -0.25) is 9.80 Å². The number of carbonyl (C=O) groups excluding carboxylic acids is 1. The van der Waals surface area contributed by atoms with Gasteiger partial charge in [-0.1, -0.05) is 35.1 Å². The highest BCUT2D eigenvalue weighted by atomic mass is 35.5. The van der Waals surface area contributed by atoms with Crippen molar-refractivity contribution in [2.45, 2.75) is 17.6 Å². The zero-order chi connectivity index (χ0) is 26.6. The van der Waals surface area contributed by atoms with E-state index < -0.39 is 15.8 Å². The van der Waals surface area contributed by atoms with Crippen LogP contribution in [-0.2, 0) is 17.1 Å². The van der Waals surface area contributed by atoms with Gasteiger partial charge in [0, 0.05) is 31.2 Å². The van der Waals surface area contributed by atoms with E-state index in [1.807, 2.05) is 0 Å². The van der Waals surface area contributed by atoms with Crippen molar-refractivity contribution in [3.05, 3.63) is 58.6 Å². The molecule has 2 amide bonds. The number of amides is 2. The third-order valence-corrected chi connectivity index (χ3v) is 9.36. The molecule has 37 heavy (non-hydrogen) atoms. The van der Waals surface area contributed by atoms with Gasteiger partial charge in [-0.15, -0.1) is 0 Å². The molecule has 1 saturated heterocycles. The van der Waals surface area contributed by atoms with E-state index >= 15 is 0 Å². The number of rotatable bonds is 4. The number of carbonyl (C=O) groups is 1. The number of thiazole rings is 1. The van der Waals surface area contributed by atoms with Crippen LogP contribution in [0.1, 0.15) is 17.8 Å². The number of anilines is 2. The fourth-order valence-corrected chi connectivity index (χ4v) is 6.87. The molecule has 13 heteroatoms. The molecule has 0 bridgehead atoms. The summed E-state index contributed by atoms with van der Waals surface area (Å²) in [7, 11) is -2.29. The summed E-state index contributed by atoms with van der Waals surface area (Å²) < 4.78 is 39.6. The molecule has 2 N–H and O–H groups in total. The van der Waals surface area contributed by atoms with Gasteiger partial charge in [0.15, 0.2) is 9.34 Å². The first-order chi connectivity index (χ1) is 17.5. The van der Waals surface area contributed by atoms with Crippen LogP contribution in [0.15, 0.2) is 40.6 Å². The number of aryl methyl sites for hydroxylation is 2. The lowest BCUT2D eigenvalue weighted by Crippen LogP contribution is -2.49. The van der Waals surface area contributed by atoms with E-state index in [1.54, 1.807) is 40.8 Å². The van der Waals surface area contributed by atoms with Gasteiger partial charge in [-0.05, 0) is 48.7 Å². The van der Waals surface area contributed by atoms with E-state index in [2.05, 4.69) is 11.1 Å². The predicted molar refractivity (Wildman–Crippen MR) is 141 cm³/mol. The van der Waals surface area contributed by atoms with Crippen molar-refractivity contribution in [3.8, 4) is 17.2 Å². The van der Waals surface area contributed by atoms with Crippen molar-refractivity contribution in [1.29, 1.82) is 5.26 Å². The van der Waals surface area contributed by atoms with Crippen molar-refractivity contribution < 1.29 is 17.6 Å². The zero-order valence-electron chi connectivity index (χ0n) is 19.7. The molecule has 3 heterocycles. The highest BCUT2D eigenvalue weighted by molar-refractivity contribution is 7.91. The van der Waals surface area contributed by atoms with Crippen LogP contribution in [0, 0.1) is 24.1 Å². The van der Waals surface area contributed by atoms with E-state index in [9.17, 15) is 22.9 Å². The molecule has 0 unspecified atom stereocenters. The number of nitrogens with zero attached hydrogens (tertiary/aromatic N) is 5. The normalized spacial score (nSPS) is 14.4. The summed E-state index contributed by atoms with van der Waals surface area (Å²) in [4.78, 5) is 20.6. The molecule has 2 aromatic carbocycles. The van der Waals surface area contributed by atoms with Crippen LogP contribution in [-0.4, -0.2) is 37.1 Å².